The van der Waals surface area contributed by atoms with Crippen molar-refractivity contribution in [3.63, 3.8) is 0 Å². The molecule has 32 heavy (non-hydrogen) atoms. The lowest BCUT2D eigenvalue weighted by molar-refractivity contribution is -0.118. The van der Waals surface area contributed by atoms with E-state index >= 15 is 0 Å². The summed E-state index contributed by atoms with van der Waals surface area (Å²) in [4.78, 5) is 16.7. The number of hydrogen-bond donors (Lipinski definition) is 1. The molecule has 9 heteroatoms. The maximum absolute atomic E-state index is 14.2. The molecule has 0 saturated heterocycles. The number of fused-ring (bicyclic) bond motifs is 1. The first-order valence-electron chi connectivity index (χ1n) is 9.75. The summed E-state index contributed by atoms with van der Waals surface area (Å²) in [6.45, 7) is 1.81. The molecule has 0 unspecified atom stereocenters. The maximum atomic E-state index is 14.2. The fourth-order valence-corrected chi connectivity index (χ4v) is 4.09. The summed E-state index contributed by atoms with van der Waals surface area (Å²) < 4.78 is 26.8. The molecule has 0 aliphatic carbocycles. The Morgan fingerprint density at radius 2 is 2.06 bits per heavy atom. The van der Waals surface area contributed by atoms with Crippen LogP contribution in [0.4, 0.5) is 15.8 Å². The molecule has 0 atom stereocenters. The number of thiazole rings is 1. The van der Waals surface area contributed by atoms with Gasteiger partial charge in [0, 0.05) is 10.9 Å². The number of para-hydroxylation sites is 1. The number of benzene rings is 2. The number of aromatic nitrogens is 1. The zero-order chi connectivity index (χ0) is 22.1. The summed E-state index contributed by atoms with van der Waals surface area (Å²) in [5.41, 5.74) is 2.93. The van der Waals surface area contributed by atoms with Crippen LogP contribution in [0.3, 0.4) is 0 Å². The van der Waals surface area contributed by atoms with Gasteiger partial charge in [-0.3, -0.25) is 4.79 Å². The summed E-state index contributed by atoms with van der Waals surface area (Å²) in [7, 11) is 0. The highest BCUT2D eigenvalue weighted by atomic mass is 32.1. The number of halogens is 1. The summed E-state index contributed by atoms with van der Waals surface area (Å²) in [5.74, 6) is 0.573. The van der Waals surface area contributed by atoms with Gasteiger partial charge in [0.15, 0.2) is 6.61 Å². The largest absolute Gasteiger partial charge is 0.482 e. The van der Waals surface area contributed by atoms with Crippen molar-refractivity contribution in [3.05, 3.63) is 82.6 Å². The van der Waals surface area contributed by atoms with Crippen LogP contribution in [0.15, 0.2) is 80.8 Å². The maximum Gasteiger partial charge on any atom is 0.262 e. The third-order valence-electron chi connectivity index (χ3n) is 4.79. The predicted octanol–water partition coefficient (Wildman–Crippen LogP) is 4.78. The third kappa shape index (κ3) is 3.85. The second-order valence-electron chi connectivity index (χ2n) is 6.99. The van der Waals surface area contributed by atoms with Crippen LogP contribution in [0.5, 0.6) is 5.75 Å². The molecule has 1 amide bonds. The second-order valence-corrected chi connectivity index (χ2v) is 7.83. The molecule has 5 rings (SSSR count). The second kappa shape index (κ2) is 8.27. The quantitative estimate of drug-likeness (QED) is 0.456. The van der Waals surface area contributed by atoms with E-state index in [0.717, 1.165) is 11.3 Å². The van der Waals surface area contributed by atoms with Crippen molar-refractivity contribution in [2.45, 2.75) is 6.92 Å². The first-order valence-corrected chi connectivity index (χ1v) is 10.6. The van der Waals surface area contributed by atoms with Crippen LogP contribution in [0, 0.1) is 5.82 Å². The van der Waals surface area contributed by atoms with Gasteiger partial charge < -0.3 is 14.5 Å². The standard InChI is InChI=1S/C23H17FN4O3S/c1-14(20-7-4-10-30-20)27-28-19(13-32-23(28)26-17-6-3-2-5-16(17)24)15-8-9-21-18(11-15)25-22(29)12-31-21/h2-11,13H,12H2,1H3,(H,25,29). The van der Waals surface area contributed by atoms with Gasteiger partial charge in [0.25, 0.3) is 5.91 Å². The van der Waals surface area contributed by atoms with Gasteiger partial charge in [0.1, 0.15) is 28.7 Å². The Hall–Kier alpha value is -3.98. The van der Waals surface area contributed by atoms with Crippen LogP contribution in [0.25, 0.3) is 11.3 Å². The lowest BCUT2D eigenvalue weighted by Gasteiger charge is -2.18. The summed E-state index contributed by atoms with van der Waals surface area (Å²) in [6.07, 6.45) is 1.57. The molecular formula is C23H17FN4O3S. The lowest BCUT2D eigenvalue weighted by Crippen LogP contribution is -2.25. The van der Waals surface area contributed by atoms with E-state index < -0.39 is 5.82 Å². The zero-order valence-corrected chi connectivity index (χ0v) is 17.7. The number of anilines is 1. The van der Waals surface area contributed by atoms with Crippen molar-refractivity contribution >= 4 is 34.3 Å². The zero-order valence-electron chi connectivity index (χ0n) is 16.9. The van der Waals surface area contributed by atoms with Gasteiger partial charge in [-0.15, -0.1) is 11.3 Å². The molecule has 4 aromatic rings. The van der Waals surface area contributed by atoms with Crippen molar-refractivity contribution in [1.29, 1.82) is 0 Å². The summed E-state index contributed by atoms with van der Waals surface area (Å²) in [6, 6.07) is 15.4. The minimum Gasteiger partial charge on any atom is -0.482 e. The Balaban J connectivity index is 1.68. The molecule has 0 bridgehead atoms. The predicted molar refractivity (Wildman–Crippen MR) is 120 cm³/mol. The molecule has 2 aromatic carbocycles. The van der Waals surface area contributed by atoms with E-state index in [1.807, 2.05) is 30.5 Å². The van der Waals surface area contributed by atoms with Gasteiger partial charge >= 0.3 is 0 Å². The first-order chi connectivity index (χ1) is 15.6. The van der Waals surface area contributed by atoms with Gasteiger partial charge in [-0.2, -0.15) is 5.10 Å². The van der Waals surface area contributed by atoms with E-state index in [2.05, 4.69) is 10.3 Å². The van der Waals surface area contributed by atoms with Crippen LogP contribution < -0.4 is 14.9 Å². The Kier molecular flexibility index (Phi) is 5.16. The highest BCUT2D eigenvalue weighted by Gasteiger charge is 2.18. The fraction of sp³-hybridized carbons (Fsp3) is 0.0870. The molecule has 0 fully saturated rings. The van der Waals surface area contributed by atoms with Gasteiger partial charge in [-0.1, -0.05) is 12.1 Å². The van der Waals surface area contributed by atoms with E-state index in [4.69, 9.17) is 14.3 Å². The van der Waals surface area contributed by atoms with Crippen molar-refractivity contribution in [3.8, 4) is 17.0 Å². The molecule has 0 saturated carbocycles. The number of carbonyl (C=O) groups is 1. The highest BCUT2D eigenvalue weighted by Crippen LogP contribution is 2.33. The Labute approximate surface area is 186 Å². The summed E-state index contributed by atoms with van der Waals surface area (Å²) in [5, 5.41) is 9.40. The van der Waals surface area contributed by atoms with Crippen molar-refractivity contribution in [2.24, 2.45) is 10.1 Å². The van der Waals surface area contributed by atoms with Gasteiger partial charge in [-0.25, -0.2) is 14.1 Å². The molecule has 0 spiro atoms. The van der Waals surface area contributed by atoms with E-state index in [1.54, 1.807) is 41.3 Å². The fourth-order valence-electron chi connectivity index (χ4n) is 3.24. The van der Waals surface area contributed by atoms with Gasteiger partial charge in [-0.05, 0) is 49.4 Å². The number of furan rings is 1. The van der Waals surface area contributed by atoms with E-state index in [9.17, 15) is 9.18 Å². The van der Waals surface area contributed by atoms with Crippen LogP contribution in [-0.4, -0.2) is 22.9 Å². The highest BCUT2D eigenvalue weighted by molar-refractivity contribution is 7.07. The Bertz CT molecular complexity index is 1400. The lowest BCUT2D eigenvalue weighted by atomic mass is 10.1. The normalized spacial score (nSPS) is 14.1. The minimum atomic E-state index is -0.422. The van der Waals surface area contributed by atoms with E-state index in [-0.39, 0.29) is 18.2 Å². The van der Waals surface area contributed by atoms with Crippen molar-refractivity contribution < 1.29 is 18.3 Å². The average molecular weight is 448 g/mol. The average Bonchev–Trinajstić information content (AvgIpc) is 3.46. The molecule has 1 aliphatic heterocycles. The molecule has 1 N–H and O–H groups in total. The number of nitrogens with one attached hydrogen (secondary N) is 1. The first kappa shape index (κ1) is 20.0. The van der Waals surface area contributed by atoms with Crippen LogP contribution in [-0.2, 0) is 4.79 Å². The molecule has 160 valence electrons. The molecule has 0 radical (unpaired) electrons. The molecule has 7 nitrogen and oxygen atoms in total. The molecule has 2 aromatic heterocycles. The van der Waals surface area contributed by atoms with Crippen molar-refractivity contribution in [1.82, 2.24) is 4.68 Å². The van der Waals surface area contributed by atoms with Crippen molar-refractivity contribution in [2.75, 3.05) is 11.9 Å². The monoisotopic (exact) mass is 448 g/mol. The van der Waals surface area contributed by atoms with Crippen LogP contribution >= 0.6 is 11.3 Å². The van der Waals surface area contributed by atoms with Gasteiger partial charge in [0.2, 0.25) is 4.80 Å². The number of hydrogen-bond acceptors (Lipinski definition) is 6. The topological polar surface area (TPSA) is 81.1 Å². The SMILES string of the molecule is CC(=Nn1c(-c2ccc3c(c2)NC(=O)CO3)csc1=Nc1ccccc1F)c1ccco1. The summed E-state index contributed by atoms with van der Waals surface area (Å²) >= 11 is 1.33. The number of ether oxygens (including phenoxy) is 1. The van der Waals surface area contributed by atoms with Crippen LogP contribution in [0.2, 0.25) is 0 Å². The Morgan fingerprint density at radius 1 is 1.19 bits per heavy atom. The van der Waals surface area contributed by atoms with Crippen LogP contribution in [0.1, 0.15) is 12.7 Å². The Morgan fingerprint density at radius 3 is 2.88 bits per heavy atom. The minimum absolute atomic E-state index is 0.0108. The molecular weight excluding hydrogens is 431 g/mol. The molecule has 1 aliphatic rings. The van der Waals surface area contributed by atoms with E-state index in [1.165, 1.54) is 17.4 Å². The smallest absolute Gasteiger partial charge is 0.262 e. The van der Waals surface area contributed by atoms with Gasteiger partial charge in [0.05, 0.1) is 17.6 Å². The number of rotatable bonds is 4. The van der Waals surface area contributed by atoms with E-state index in [0.29, 0.717) is 27.7 Å². The number of amides is 1. The number of nitrogens with zero attached hydrogens (tertiary/aromatic N) is 3. The third-order valence-corrected chi connectivity index (χ3v) is 5.61. The number of carbonyl (C=O) groups excluding carboxylic acids is 1. The molecule has 3 heterocycles.